The molecule has 1 unspecified atom stereocenters. The number of aliphatic hydroxyl groups excluding tert-OH is 1. The molecule has 4 nitrogen and oxygen atoms in total. The second kappa shape index (κ2) is 7.69. The van der Waals surface area contributed by atoms with E-state index in [0.29, 0.717) is 0 Å². The van der Waals surface area contributed by atoms with E-state index in [1.54, 1.807) is 0 Å². The van der Waals surface area contributed by atoms with E-state index in [-0.39, 0.29) is 18.6 Å². The maximum atomic E-state index is 11.9. The van der Waals surface area contributed by atoms with Gasteiger partial charge in [0.05, 0.1) is 0 Å². The second-order valence-electron chi connectivity index (χ2n) is 6.10. The Morgan fingerprint density at radius 2 is 1.96 bits per heavy atom. The third-order valence-corrected chi connectivity index (χ3v) is 4.72. The Labute approximate surface area is 146 Å². The van der Waals surface area contributed by atoms with Crippen LogP contribution in [-0.2, 0) is 24.2 Å². The van der Waals surface area contributed by atoms with Crippen LogP contribution in [0.4, 0.5) is 5.69 Å². The maximum Gasteiger partial charge on any atom is 0.225 e. The van der Waals surface area contributed by atoms with Crippen molar-refractivity contribution < 1.29 is 9.90 Å². The van der Waals surface area contributed by atoms with Gasteiger partial charge in [0.1, 0.15) is 6.73 Å². The molecule has 2 aromatic rings. The average molecular weight is 345 g/mol. The summed E-state index contributed by atoms with van der Waals surface area (Å²) in [6, 6.07) is 14.1. The van der Waals surface area contributed by atoms with Gasteiger partial charge in [-0.05, 0) is 60.2 Å². The second-order valence-corrected chi connectivity index (χ2v) is 6.54. The molecule has 24 heavy (non-hydrogen) atoms. The Morgan fingerprint density at radius 1 is 1.17 bits per heavy atom. The fraction of sp³-hybridized carbons (Fsp3) is 0.316. The van der Waals surface area contributed by atoms with Crippen LogP contribution in [0.25, 0.3) is 0 Å². The number of aryl methyl sites for hydroxylation is 1. The van der Waals surface area contributed by atoms with Crippen molar-refractivity contribution in [3.63, 3.8) is 0 Å². The van der Waals surface area contributed by atoms with E-state index in [1.165, 1.54) is 11.1 Å². The number of anilines is 1. The minimum absolute atomic E-state index is 0.0591. The smallest absolute Gasteiger partial charge is 0.225 e. The van der Waals surface area contributed by atoms with Crippen LogP contribution in [0.2, 0.25) is 5.02 Å². The van der Waals surface area contributed by atoms with Gasteiger partial charge in [0.2, 0.25) is 5.91 Å². The summed E-state index contributed by atoms with van der Waals surface area (Å²) in [4.78, 5) is 11.9. The average Bonchev–Trinajstić information content (AvgIpc) is 2.61. The van der Waals surface area contributed by atoms with Gasteiger partial charge in [-0.1, -0.05) is 29.8 Å². The number of hydrogen-bond donors (Lipinski definition) is 3. The van der Waals surface area contributed by atoms with Gasteiger partial charge < -0.3 is 15.7 Å². The van der Waals surface area contributed by atoms with Gasteiger partial charge in [0.25, 0.3) is 0 Å². The predicted molar refractivity (Wildman–Crippen MR) is 96.0 cm³/mol. The summed E-state index contributed by atoms with van der Waals surface area (Å²) in [6.07, 6.45) is 2.45. The van der Waals surface area contributed by atoms with E-state index in [1.807, 2.05) is 24.3 Å². The van der Waals surface area contributed by atoms with E-state index in [4.69, 9.17) is 16.7 Å². The van der Waals surface area contributed by atoms with Gasteiger partial charge in [-0.25, -0.2) is 0 Å². The van der Waals surface area contributed by atoms with Crippen molar-refractivity contribution in [3.8, 4) is 0 Å². The number of nitrogens with one attached hydrogen (secondary N) is 2. The number of hydrogen-bond acceptors (Lipinski definition) is 3. The highest BCUT2D eigenvalue weighted by atomic mass is 35.5. The molecule has 1 aliphatic rings. The molecule has 0 aliphatic heterocycles. The van der Waals surface area contributed by atoms with Gasteiger partial charge in [-0.15, -0.1) is 0 Å². The highest BCUT2D eigenvalue weighted by Crippen LogP contribution is 2.28. The number of benzene rings is 2. The molecule has 1 aliphatic carbocycles. The number of fused-ring (bicyclic) bond motifs is 1. The number of aliphatic hydroxyl groups is 1. The zero-order valence-electron chi connectivity index (χ0n) is 13.4. The molecule has 0 bridgehead atoms. The zero-order chi connectivity index (χ0) is 16.9. The van der Waals surface area contributed by atoms with Crippen molar-refractivity contribution >= 4 is 23.2 Å². The zero-order valence-corrected chi connectivity index (χ0v) is 14.1. The molecule has 5 heteroatoms. The minimum Gasteiger partial charge on any atom is -0.381 e. The summed E-state index contributed by atoms with van der Waals surface area (Å²) >= 11 is 5.90. The third-order valence-electron chi connectivity index (χ3n) is 4.47. The molecule has 3 N–H and O–H groups in total. The highest BCUT2D eigenvalue weighted by Gasteiger charge is 2.24. The third kappa shape index (κ3) is 4.08. The summed E-state index contributed by atoms with van der Waals surface area (Å²) < 4.78 is 0. The van der Waals surface area contributed by atoms with Gasteiger partial charge in [0, 0.05) is 23.2 Å². The first kappa shape index (κ1) is 16.8. The van der Waals surface area contributed by atoms with Gasteiger partial charge in [-0.3, -0.25) is 4.79 Å². The van der Waals surface area contributed by atoms with Gasteiger partial charge in [0.15, 0.2) is 0 Å². The van der Waals surface area contributed by atoms with Crippen molar-refractivity contribution in [2.24, 2.45) is 5.92 Å². The van der Waals surface area contributed by atoms with Crippen LogP contribution in [0.5, 0.6) is 0 Å². The largest absolute Gasteiger partial charge is 0.381 e. The molecule has 126 valence electrons. The van der Waals surface area contributed by atoms with E-state index in [2.05, 4.69) is 28.8 Å². The molecule has 0 aromatic heterocycles. The van der Waals surface area contributed by atoms with Crippen LogP contribution < -0.4 is 10.6 Å². The quantitative estimate of drug-likeness (QED) is 0.730. The molecule has 1 amide bonds. The lowest BCUT2D eigenvalue weighted by atomic mass is 9.83. The van der Waals surface area contributed by atoms with Crippen molar-refractivity contribution in [2.75, 3.05) is 12.0 Å². The van der Waals surface area contributed by atoms with Crippen molar-refractivity contribution in [3.05, 3.63) is 64.2 Å². The lowest BCUT2D eigenvalue weighted by Crippen LogP contribution is -2.34. The van der Waals surface area contributed by atoms with Crippen molar-refractivity contribution in [1.82, 2.24) is 5.32 Å². The number of rotatable bonds is 5. The molecule has 0 spiro atoms. The predicted octanol–water partition coefficient (Wildman–Crippen LogP) is 3.12. The lowest BCUT2D eigenvalue weighted by Gasteiger charge is -2.24. The van der Waals surface area contributed by atoms with Crippen molar-refractivity contribution in [1.29, 1.82) is 0 Å². The lowest BCUT2D eigenvalue weighted by molar-refractivity contribution is -0.126. The summed E-state index contributed by atoms with van der Waals surface area (Å²) in [7, 11) is 0. The number of carbonyl (C=O) groups excluding carboxylic acids is 1. The van der Waals surface area contributed by atoms with E-state index < -0.39 is 0 Å². The fourth-order valence-electron chi connectivity index (χ4n) is 3.12. The highest BCUT2D eigenvalue weighted by molar-refractivity contribution is 6.30. The molecule has 0 saturated carbocycles. The van der Waals surface area contributed by atoms with E-state index in [0.717, 1.165) is 42.1 Å². The van der Waals surface area contributed by atoms with E-state index in [9.17, 15) is 4.79 Å². The minimum atomic E-state index is -0.301. The SMILES string of the molecule is O=C(NCO)C1CCc2ccc(NCc3ccc(Cl)cc3)cc2C1. The number of carbonyl (C=O) groups is 1. The fourth-order valence-corrected chi connectivity index (χ4v) is 3.25. The Kier molecular flexibility index (Phi) is 5.38. The van der Waals surface area contributed by atoms with Crippen LogP contribution in [0, 0.1) is 5.92 Å². The summed E-state index contributed by atoms with van der Waals surface area (Å²) in [5, 5.41) is 15.5. The van der Waals surface area contributed by atoms with Crippen LogP contribution in [0.3, 0.4) is 0 Å². The van der Waals surface area contributed by atoms with Gasteiger partial charge >= 0.3 is 0 Å². The molecule has 1 atom stereocenters. The first-order chi connectivity index (χ1) is 11.7. The normalized spacial score (nSPS) is 16.3. The van der Waals surface area contributed by atoms with Crippen LogP contribution >= 0.6 is 11.6 Å². The Balaban J connectivity index is 1.66. The molecule has 3 rings (SSSR count). The molecule has 0 fully saturated rings. The Hall–Kier alpha value is -2.04. The Morgan fingerprint density at radius 3 is 2.71 bits per heavy atom. The number of halogens is 1. The number of amides is 1. The van der Waals surface area contributed by atoms with Crippen LogP contribution in [0.1, 0.15) is 23.1 Å². The standard InChI is InChI=1S/C19H21ClN2O2/c20-17-6-1-13(2-7-17)11-21-18-8-5-14-3-4-15(9-16(14)10-18)19(24)22-12-23/h1-2,5-8,10,15,21,23H,3-4,9,11-12H2,(H,22,24). The molecule has 0 heterocycles. The van der Waals surface area contributed by atoms with Crippen molar-refractivity contribution in [2.45, 2.75) is 25.8 Å². The molecular weight excluding hydrogens is 324 g/mol. The first-order valence-electron chi connectivity index (χ1n) is 8.14. The van der Waals surface area contributed by atoms with E-state index >= 15 is 0 Å². The molecule has 0 saturated heterocycles. The van der Waals surface area contributed by atoms with Crippen LogP contribution in [-0.4, -0.2) is 17.7 Å². The summed E-state index contributed by atoms with van der Waals surface area (Å²) in [5.41, 5.74) is 4.73. The molecule has 0 radical (unpaired) electrons. The monoisotopic (exact) mass is 344 g/mol. The first-order valence-corrected chi connectivity index (χ1v) is 8.52. The molecular formula is C19H21ClN2O2. The van der Waals surface area contributed by atoms with Gasteiger partial charge in [-0.2, -0.15) is 0 Å². The summed E-state index contributed by atoms with van der Waals surface area (Å²) in [6.45, 7) is 0.426. The van der Waals surface area contributed by atoms with Crippen LogP contribution in [0.15, 0.2) is 42.5 Å². The topological polar surface area (TPSA) is 61.4 Å². The maximum absolute atomic E-state index is 11.9. The summed E-state index contributed by atoms with van der Waals surface area (Å²) in [5.74, 6) is -0.126. The molecule has 2 aromatic carbocycles. The Bertz CT molecular complexity index is 716.